The van der Waals surface area contributed by atoms with Crippen molar-refractivity contribution in [2.45, 2.75) is 6.92 Å². The average molecular weight is 141 g/mol. The van der Waals surface area contributed by atoms with Crippen LogP contribution in [0, 0.1) is 0 Å². The van der Waals surface area contributed by atoms with E-state index >= 15 is 0 Å². The molecule has 0 heterocycles. The fraction of sp³-hybridized carbons (Fsp3) is 0.143. The lowest BCUT2D eigenvalue weighted by atomic mass is 10.4. The molecule has 0 aromatic heterocycles. The predicted molar refractivity (Wildman–Crippen MR) is 45.2 cm³/mol. The molecule has 50 valence electrons. The van der Waals surface area contributed by atoms with Crippen LogP contribution in [0.1, 0.15) is 6.92 Å². The Kier molecular flexibility index (Phi) is 3.97. The van der Waals surface area contributed by atoms with Gasteiger partial charge in [-0.05, 0) is 13.0 Å². The molecule has 0 rings (SSSR count). The molecule has 9 heavy (non-hydrogen) atoms. The van der Waals surface area contributed by atoms with Crippen LogP contribution < -0.4 is 5.73 Å². The first-order valence-corrected chi connectivity index (χ1v) is 3.10. The van der Waals surface area contributed by atoms with Crippen LogP contribution in [0.25, 0.3) is 0 Å². The van der Waals surface area contributed by atoms with E-state index in [4.69, 9.17) is 5.73 Å². The lowest BCUT2D eigenvalue weighted by molar-refractivity contribution is 1.39. The van der Waals surface area contributed by atoms with Crippen LogP contribution in [0.15, 0.2) is 35.4 Å². The van der Waals surface area contributed by atoms with E-state index in [2.05, 4.69) is 19.2 Å². The molecule has 0 saturated heterocycles. The minimum atomic E-state index is 0.708. The lowest BCUT2D eigenvalue weighted by Gasteiger charge is -1.90. The Hall–Kier alpha value is -0.630. The van der Waals surface area contributed by atoms with Gasteiger partial charge in [-0.25, -0.2) is 0 Å². The van der Waals surface area contributed by atoms with Crippen LogP contribution in [0.4, 0.5) is 0 Å². The van der Waals surface area contributed by atoms with Crippen molar-refractivity contribution in [2.24, 2.45) is 5.73 Å². The van der Waals surface area contributed by atoms with Gasteiger partial charge in [-0.15, -0.1) is 12.6 Å². The molecule has 2 heteroatoms. The summed E-state index contributed by atoms with van der Waals surface area (Å²) in [5.74, 6) is 0. The van der Waals surface area contributed by atoms with Gasteiger partial charge in [0, 0.05) is 10.6 Å². The average Bonchev–Trinajstić information content (AvgIpc) is 1.87. The Balaban J connectivity index is 4.11. The molecule has 0 aromatic rings. The molecule has 0 bridgehead atoms. The summed E-state index contributed by atoms with van der Waals surface area (Å²) < 4.78 is 0. The number of hydrogen-bond donors (Lipinski definition) is 2. The molecular weight excluding hydrogens is 130 g/mol. The van der Waals surface area contributed by atoms with Crippen molar-refractivity contribution in [2.75, 3.05) is 0 Å². The largest absolute Gasteiger partial charge is 0.399 e. The monoisotopic (exact) mass is 141 g/mol. The number of rotatable bonds is 2. The van der Waals surface area contributed by atoms with Crippen LogP contribution in [0.3, 0.4) is 0 Å². The second-order valence-electron chi connectivity index (χ2n) is 1.56. The van der Waals surface area contributed by atoms with Gasteiger partial charge in [0.1, 0.15) is 0 Å². The molecule has 0 saturated carbocycles. The lowest BCUT2D eigenvalue weighted by Crippen LogP contribution is -1.91. The summed E-state index contributed by atoms with van der Waals surface area (Å²) in [7, 11) is 0. The molecule has 0 unspecified atom stereocenters. The summed E-state index contributed by atoms with van der Waals surface area (Å²) in [5, 5.41) is 0. The van der Waals surface area contributed by atoms with E-state index in [1.54, 1.807) is 18.2 Å². The predicted octanol–water partition coefficient (Wildman–Crippen LogP) is 1.85. The van der Waals surface area contributed by atoms with E-state index in [0.29, 0.717) is 5.70 Å². The second-order valence-corrected chi connectivity index (χ2v) is 2.08. The van der Waals surface area contributed by atoms with Gasteiger partial charge in [-0.1, -0.05) is 18.7 Å². The Bertz CT molecular complexity index is 156. The zero-order valence-corrected chi connectivity index (χ0v) is 6.36. The van der Waals surface area contributed by atoms with Gasteiger partial charge in [0.2, 0.25) is 0 Å². The molecule has 0 aliphatic rings. The Morgan fingerprint density at radius 3 is 2.56 bits per heavy atom. The molecule has 0 aliphatic heterocycles. The van der Waals surface area contributed by atoms with E-state index < -0.39 is 0 Å². The van der Waals surface area contributed by atoms with Crippen molar-refractivity contribution in [3.63, 3.8) is 0 Å². The molecule has 0 radical (unpaired) electrons. The summed E-state index contributed by atoms with van der Waals surface area (Å²) in [5.41, 5.74) is 6.15. The van der Waals surface area contributed by atoms with Crippen LogP contribution in [0.5, 0.6) is 0 Å². The summed E-state index contributed by atoms with van der Waals surface area (Å²) in [6, 6.07) is 0. The smallest absolute Gasteiger partial charge is 0.0281 e. The van der Waals surface area contributed by atoms with Crippen LogP contribution in [-0.2, 0) is 0 Å². The van der Waals surface area contributed by atoms with Crippen molar-refractivity contribution in [1.82, 2.24) is 0 Å². The van der Waals surface area contributed by atoms with Gasteiger partial charge in [-0.3, -0.25) is 0 Å². The van der Waals surface area contributed by atoms with Crippen molar-refractivity contribution in [1.29, 1.82) is 0 Å². The van der Waals surface area contributed by atoms with E-state index in [1.807, 2.05) is 6.92 Å². The summed E-state index contributed by atoms with van der Waals surface area (Å²) >= 11 is 4.05. The maximum atomic E-state index is 5.44. The standard InChI is InChI=1S/C7H11NS/c1-3-6(8)5-7(9)4-2/h3-5,9H,2,8H2,1H3/b6-3+,7-5+. The first kappa shape index (κ1) is 8.37. The zero-order chi connectivity index (χ0) is 7.28. The number of nitrogens with two attached hydrogens (primary N) is 1. The fourth-order valence-corrected chi connectivity index (χ4v) is 0.462. The minimum Gasteiger partial charge on any atom is -0.399 e. The molecule has 0 aliphatic carbocycles. The van der Waals surface area contributed by atoms with Crippen molar-refractivity contribution in [3.05, 3.63) is 35.4 Å². The maximum absolute atomic E-state index is 5.44. The van der Waals surface area contributed by atoms with Gasteiger partial charge < -0.3 is 5.73 Å². The van der Waals surface area contributed by atoms with E-state index in [0.717, 1.165) is 4.91 Å². The number of hydrogen-bond acceptors (Lipinski definition) is 2. The molecule has 0 aromatic carbocycles. The SMILES string of the molecule is C=C/C(S)=C\C(N)=C/C. The highest BCUT2D eigenvalue weighted by molar-refractivity contribution is 7.84. The normalized spacial score (nSPS) is 13.6. The molecule has 0 atom stereocenters. The third-order valence-corrected chi connectivity index (χ3v) is 1.17. The fourth-order valence-electron chi connectivity index (χ4n) is 0.313. The van der Waals surface area contributed by atoms with E-state index in [9.17, 15) is 0 Å². The van der Waals surface area contributed by atoms with Crippen molar-refractivity contribution in [3.8, 4) is 0 Å². The topological polar surface area (TPSA) is 26.0 Å². The van der Waals surface area contributed by atoms with E-state index in [-0.39, 0.29) is 0 Å². The second kappa shape index (κ2) is 4.27. The van der Waals surface area contributed by atoms with Crippen molar-refractivity contribution < 1.29 is 0 Å². The third kappa shape index (κ3) is 3.91. The number of allylic oxidation sites excluding steroid dienone is 3. The van der Waals surface area contributed by atoms with Crippen LogP contribution in [0.2, 0.25) is 0 Å². The zero-order valence-electron chi connectivity index (χ0n) is 5.46. The number of thiol groups is 1. The Morgan fingerprint density at radius 1 is 1.67 bits per heavy atom. The summed E-state index contributed by atoms with van der Waals surface area (Å²) in [4.78, 5) is 0.783. The molecular formula is C7H11NS. The molecule has 0 spiro atoms. The Labute approximate surface area is 61.4 Å². The summed E-state index contributed by atoms with van der Waals surface area (Å²) in [6.07, 6.45) is 5.19. The first-order valence-electron chi connectivity index (χ1n) is 2.65. The highest BCUT2D eigenvalue weighted by atomic mass is 32.1. The Morgan fingerprint density at radius 2 is 2.22 bits per heavy atom. The third-order valence-electron chi connectivity index (χ3n) is 0.857. The van der Waals surface area contributed by atoms with E-state index in [1.165, 1.54) is 0 Å². The van der Waals surface area contributed by atoms with Crippen molar-refractivity contribution >= 4 is 12.6 Å². The maximum Gasteiger partial charge on any atom is 0.0281 e. The minimum absolute atomic E-state index is 0.708. The van der Waals surface area contributed by atoms with Gasteiger partial charge in [0.25, 0.3) is 0 Å². The van der Waals surface area contributed by atoms with Crippen LogP contribution in [-0.4, -0.2) is 0 Å². The molecule has 1 nitrogen and oxygen atoms in total. The quantitative estimate of drug-likeness (QED) is 0.445. The van der Waals surface area contributed by atoms with Crippen LogP contribution >= 0.6 is 12.6 Å². The highest BCUT2D eigenvalue weighted by Gasteiger charge is 1.81. The van der Waals surface area contributed by atoms with Gasteiger partial charge in [0.15, 0.2) is 0 Å². The van der Waals surface area contributed by atoms with Gasteiger partial charge in [0.05, 0.1) is 0 Å². The first-order chi connectivity index (χ1) is 4.20. The molecule has 2 N–H and O–H groups in total. The van der Waals surface area contributed by atoms with Gasteiger partial charge >= 0.3 is 0 Å². The summed E-state index contributed by atoms with van der Waals surface area (Å²) in [6.45, 7) is 5.39. The highest BCUT2D eigenvalue weighted by Crippen LogP contribution is 2.02. The molecule has 0 fully saturated rings. The molecule has 0 amide bonds. The van der Waals surface area contributed by atoms with Gasteiger partial charge in [-0.2, -0.15) is 0 Å².